The molecule has 0 aliphatic carbocycles. The van der Waals surface area contributed by atoms with Crippen LogP contribution in [0.15, 0.2) is 16.7 Å². The smallest absolute Gasteiger partial charge is 0.202 e. The first-order valence-corrected chi connectivity index (χ1v) is 8.07. The van der Waals surface area contributed by atoms with Crippen molar-refractivity contribution in [1.82, 2.24) is 14.5 Å². The fourth-order valence-electron chi connectivity index (χ4n) is 2.37. The summed E-state index contributed by atoms with van der Waals surface area (Å²) < 4.78 is 14.3. The minimum Gasteiger partial charge on any atom is -0.369 e. The number of anilines is 1. The van der Waals surface area contributed by atoms with Crippen LogP contribution < -0.4 is 5.73 Å². The van der Waals surface area contributed by atoms with Gasteiger partial charge in [-0.3, -0.25) is 8.78 Å². The molecule has 1 aliphatic rings. The summed E-state index contributed by atoms with van der Waals surface area (Å²) in [6, 6.07) is 2.18. The second-order valence-corrected chi connectivity index (χ2v) is 7.03. The number of rotatable bonds is 1. The molecule has 2 aromatic rings. The van der Waals surface area contributed by atoms with E-state index in [1.165, 1.54) is 0 Å². The van der Waals surface area contributed by atoms with E-state index in [-0.39, 0.29) is 6.04 Å². The van der Waals surface area contributed by atoms with Crippen LogP contribution in [0.4, 0.5) is 5.95 Å². The van der Waals surface area contributed by atoms with E-state index in [9.17, 15) is 4.21 Å². The molecule has 0 amide bonds. The molecule has 1 saturated heterocycles. The van der Waals surface area contributed by atoms with E-state index in [0.29, 0.717) is 5.95 Å². The van der Waals surface area contributed by atoms with Gasteiger partial charge in [0.1, 0.15) is 5.52 Å². The Bertz CT molecular complexity index is 617. The first-order chi connectivity index (χ1) is 8.65. The highest BCUT2D eigenvalue weighted by atomic mass is 79.9. The summed E-state index contributed by atoms with van der Waals surface area (Å²) >= 11 is 3.38. The minimum atomic E-state index is -0.669. The molecule has 5 nitrogen and oxygen atoms in total. The van der Waals surface area contributed by atoms with Crippen molar-refractivity contribution in [2.75, 3.05) is 17.2 Å². The lowest BCUT2D eigenvalue weighted by atomic mass is 10.1. The van der Waals surface area contributed by atoms with Gasteiger partial charge < -0.3 is 5.73 Å². The zero-order valence-electron chi connectivity index (χ0n) is 9.67. The van der Waals surface area contributed by atoms with Crippen molar-refractivity contribution in [2.45, 2.75) is 18.9 Å². The normalized spacial score (nSPS) is 24.5. The minimum absolute atomic E-state index is 0.265. The highest BCUT2D eigenvalue weighted by molar-refractivity contribution is 9.10. The first-order valence-electron chi connectivity index (χ1n) is 5.79. The molecule has 3 heterocycles. The van der Waals surface area contributed by atoms with E-state index in [2.05, 4.69) is 25.9 Å². The summed E-state index contributed by atoms with van der Waals surface area (Å²) in [5.74, 6) is 1.97. The maximum absolute atomic E-state index is 11.4. The standard InChI is InChI=1S/C11H13BrN4OS/c12-7-5-9-10(14-6-7)16(11(13)15-9)8-1-3-18(17)4-2-8/h5-6,8H,1-4H2,(H2,13,15). The fourth-order valence-corrected chi connectivity index (χ4v) is 3.97. The summed E-state index contributed by atoms with van der Waals surface area (Å²) in [6.07, 6.45) is 3.50. The lowest BCUT2D eigenvalue weighted by molar-refractivity contribution is 0.476. The summed E-state index contributed by atoms with van der Waals surface area (Å²) in [5, 5.41) is 0. The molecule has 96 valence electrons. The maximum atomic E-state index is 11.4. The van der Waals surface area contributed by atoms with Crippen LogP contribution in [0.1, 0.15) is 18.9 Å². The third-order valence-electron chi connectivity index (χ3n) is 3.25. The van der Waals surface area contributed by atoms with Crippen molar-refractivity contribution in [3.8, 4) is 0 Å². The second-order valence-electron chi connectivity index (χ2n) is 4.42. The monoisotopic (exact) mass is 328 g/mol. The largest absolute Gasteiger partial charge is 0.369 e. The van der Waals surface area contributed by atoms with Gasteiger partial charge >= 0.3 is 0 Å². The van der Waals surface area contributed by atoms with Gasteiger partial charge in [-0.2, -0.15) is 0 Å². The number of imidazole rings is 1. The molecular formula is C11H13BrN4OS. The molecule has 0 unspecified atom stereocenters. The molecule has 0 atom stereocenters. The summed E-state index contributed by atoms with van der Waals surface area (Å²) in [5.41, 5.74) is 7.60. The Hall–Kier alpha value is -0.950. The van der Waals surface area contributed by atoms with Crippen molar-refractivity contribution in [3.63, 3.8) is 0 Å². The maximum Gasteiger partial charge on any atom is 0.202 e. The Morgan fingerprint density at radius 2 is 2.17 bits per heavy atom. The third kappa shape index (κ3) is 2.05. The van der Waals surface area contributed by atoms with Crippen LogP contribution in [-0.2, 0) is 10.8 Å². The Morgan fingerprint density at radius 1 is 1.44 bits per heavy atom. The molecule has 3 rings (SSSR count). The Labute approximate surface area is 115 Å². The van der Waals surface area contributed by atoms with Gasteiger partial charge in [0.05, 0.1) is 0 Å². The predicted octanol–water partition coefficient (Wildman–Crippen LogP) is 1.86. The first kappa shape index (κ1) is 12.1. The van der Waals surface area contributed by atoms with Crippen LogP contribution in [0.2, 0.25) is 0 Å². The second kappa shape index (κ2) is 4.62. The number of hydrogen-bond donors (Lipinski definition) is 1. The van der Waals surface area contributed by atoms with Gasteiger partial charge in [0.15, 0.2) is 5.65 Å². The van der Waals surface area contributed by atoms with Gasteiger partial charge in [-0.1, -0.05) is 0 Å². The van der Waals surface area contributed by atoms with Crippen LogP contribution in [0.25, 0.3) is 11.2 Å². The number of fused-ring (bicyclic) bond motifs is 1. The van der Waals surface area contributed by atoms with Gasteiger partial charge in [0, 0.05) is 39.0 Å². The SMILES string of the molecule is Nc1nc2cc(Br)cnc2n1C1CCS(=O)CC1. The zero-order chi connectivity index (χ0) is 12.7. The number of nitrogens with two attached hydrogens (primary N) is 1. The van der Waals surface area contributed by atoms with Crippen LogP contribution in [-0.4, -0.2) is 30.2 Å². The van der Waals surface area contributed by atoms with Gasteiger partial charge in [-0.15, -0.1) is 0 Å². The predicted molar refractivity (Wildman–Crippen MR) is 75.8 cm³/mol. The lowest BCUT2D eigenvalue weighted by Crippen LogP contribution is -2.22. The van der Waals surface area contributed by atoms with Gasteiger partial charge in [0.2, 0.25) is 5.95 Å². The van der Waals surface area contributed by atoms with E-state index in [0.717, 1.165) is 40.0 Å². The zero-order valence-corrected chi connectivity index (χ0v) is 12.1. The summed E-state index contributed by atoms with van der Waals surface area (Å²) in [4.78, 5) is 8.73. The molecule has 18 heavy (non-hydrogen) atoms. The molecule has 0 bridgehead atoms. The van der Waals surface area contributed by atoms with Crippen molar-refractivity contribution in [2.24, 2.45) is 0 Å². The molecule has 1 fully saturated rings. The molecule has 0 aromatic carbocycles. The lowest BCUT2D eigenvalue weighted by Gasteiger charge is -2.23. The molecule has 1 aliphatic heterocycles. The summed E-state index contributed by atoms with van der Waals surface area (Å²) in [6.45, 7) is 0. The number of aromatic nitrogens is 3. The quantitative estimate of drug-likeness (QED) is 0.867. The van der Waals surface area contributed by atoms with Crippen LogP contribution in [0, 0.1) is 0 Å². The molecule has 2 aromatic heterocycles. The molecule has 0 saturated carbocycles. The van der Waals surface area contributed by atoms with Gasteiger partial charge in [0.25, 0.3) is 0 Å². The average Bonchev–Trinajstić information content (AvgIpc) is 2.65. The number of pyridine rings is 1. The van der Waals surface area contributed by atoms with E-state index in [1.54, 1.807) is 6.20 Å². The molecular weight excluding hydrogens is 316 g/mol. The van der Waals surface area contributed by atoms with E-state index in [1.807, 2.05) is 10.6 Å². The number of nitrogens with zero attached hydrogens (tertiary/aromatic N) is 3. The fraction of sp³-hybridized carbons (Fsp3) is 0.455. The number of nitrogen functional groups attached to an aromatic ring is 1. The number of hydrogen-bond acceptors (Lipinski definition) is 4. The highest BCUT2D eigenvalue weighted by Crippen LogP contribution is 2.29. The van der Waals surface area contributed by atoms with Crippen molar-refractivity contribution >= 4 is 43.8 Å². The Morgan fingerprint density at radius 3 is 2.89 bits per heavy atom. The third-order valence-corrected chi connectivity index (χ3v) is 5.06. The molecule has 2 N–H and O–H groups in total. The van der Waals surface area contributed by atoms with Crippen LogP contribution in [0.3, 0.4) is 0 Å². The molecule has 0 spiro atoms. The average molecular weight is 329 g/mol. The van der Waals surface area contributed by atoms with Crippen molar-refractivity contribution in [1.29, 1.82) is 0 Å². The van der Waals surface area contributed by atoms with Gasteiger partial charge in [-0.05, 0) is 34.8 Å². The van der Waals surface area contributed by atoms with Crippen molar-refractivity contribution < 1.29 is 4.21 Å². The Balaban J connectivity index is 2.05. The van der Waals surface area contributed by atoms with Crippen LogP contribution in [0.5, 0.6) is 0 Å². The summed E-state index contributed by atoms with van der Waals surface area (Å²) in [7, 11) is -0.669. The topological polar surface area (TPSA) is 73.8 Å². The molecule has 0 radical (unpaired) electrons. The van der Waals surface area contributed by atoms with Gasteiger partial charge in [-0.25, -0.2) is 9.97 Å². The Kier molecular flexibility index (Phi) is 3.11. The van der Waals surface area contributed by atoms with E-state index < -0.39 is 10.8 Å². The van der Waals surface area contributed by atoms with E-state index in [4.69, 9.17) is 5.73 Å². The number of halogens is 1. The molecule has 7 heteroatoms. The highest BCUT2D eigenvalue weighted by Gasteiger charge is 2.23. The van der Waals surface area contributed by atoms with E-state index >= 15 is 0 Å². The van der Waals surface area contributed by atoms with Crippen molar-refractivity contribution in [3.05, 3.63) is 16.7 Å². The van der Waals surface area contributed by atoms with Crippen LogP contribution >= 0.6 is 15.9 Å².